The fraction of sp³-hybridized carbons (Fsp3) is 0.350. The first-order valence-corrected chi connectivity index (χ1v) is 21.3. The van der Waals surface area contributed by atoms with E-state index in [-0.39, 0.29) is 10.1 Å². The molecule has 0 saturated carbocycles. The number of rotatable bonds is 10. The van der Waals surface area contributed by atoms with E-state index < -0.39 is 16.6 Å². The standard InChI is InChI=1S/C40H48N2OSi2/c1-39(2,3)44(7,25-23-31-15-19-35(20-16-31)37-13-9-11-33(27-37)29-41)43-45(8,40(4,5)6)26-24-32-17-21-36(22-18-32)38-14-10-12-34(28-38)30-42/h9-22,27-28H,23-26H2,1-8H3. The second-order valence-corrected chi connectivity index (χ2v) is 24.6. The van der Waals surface area contributed by atoms with Crippen LogP contribution in [0.1, 0.15) is 63.8 Å². The molecule has 5 heteroatoms. The van der Waals surface area contributed by atoms with Gasteiger partial charge in [-0.2, -0.15) is 10.5 Å². The lowest BCUT2D eigenvalue weighted by atomic mass is 10.0. The van der Waals surface area contributed by atoms with Crippen LogP contribution in [-0.4, -0.2) is 16.6 Å². The maximum atomic E-state index is 9.29. The van der Waals surface area contributed by atoms with Gasteiger partial charge in [0.05, 0.1) is 23.3 Å². The predicted octanol–water partition coefficient (Wildman–Crippen LogP) is 11.3. The van der Waals surface area contributed by atoms with E-state index in [1.807, 2.05) is 36.4 Å². The quantitative estimate of drug-likeness (QED) is 0.164. The Morgan fingerprint density at radius 2 is 0.889 bits per heavy atom. The number of benzene rings is 4. The third-order valence-corrected chi connectivity index (χ3v) is 22.3. The summed E-state index contributed by atoms with van der Waals surface area (Å²) in [5, 5.41) is 18.8. The zero-order chi connectivity index (χ0) is 32.9. The smallest absolute Gasteiger partial charge is 0.182 e. The van der Waals surface area contributed by atoms with E-state index >= 15 is 0 Å². The van der Waals surface area contributed by atoms with E-state index in [9.17, 15) is 10.5 Å². The number of hydrogen-bond donors (Lipinski definition) is 0. The predicted molar refractivity (Wildman–Crippen MR) is 194 cm³/mol. The van der Waals surface area contributed by atoms with E-state index in [4.69, 9.17) is 4.12 Å². The SMILES string of the molecule is CC(C)(C)[Si](C)(CCc1ccc(-c2cccc(C#N)c2)cc1)O[Si](C)(CCc1ccc(-c2cccc(C#N)c2)cc1)C(C)(C)C. The van der Waals surface area contributed by atoms with Crippen molar-refractivity contribution in [1.82, 2.24) is 0 Å². The molecule has 0 heterocycles. The van der Waals surface area contributed by atoms with Crippen LogP contribution in [0.4, 0.5) is 0 Å². The van der Waals surface area contributed by atoms with Gasteiger partial charge in [0.2, 0.25) is 0 Å². The molecule has 4 aromatic rings. The highest BCUT2D eigenvalue weighted by Crippen LogP contribution is 2.48. The van der Waals surface area contributed by atoms with Crippen molar-refractivity contribution in [1.29, 1.82) is 10.5 Å². The molecular weight excluding hydrogens is 581 g/mol. The number of nitriles is 2. The largest absolute Gasteiger partial charge is 0.454 e. The first-order chi connectivity index (χ1) is 21.2. The van der Waals surface area contributed by atoms with E-state index in [1.54, 1.807) is 0 Å². The van der Waals surface area contributed by atoms with Crippen LogP contribution in [0.2, 0.25) is 35.3 Å². The maximum absolute atomic E-state index is 9.29. The van der Waals surface area contributed by atoms with Crippen molar-refractivity contribution in [2.75, 3.05) is 0 Å². The van der Waals surface area contributed by atoms with Crippen LogP contribution in [0.5, 0.6) is 0 Å². The van der Waals surface area contributed by atoms with Crippen LogP contribution in [0.3, 0.4) is 0 Å². The van der Waals surface area contributed by atoms with Gasteiger partial charge < -0.3 is 4.12 Å². The van der Waals surface area contributed by atoms with E-state index in [2.05, 4.69) is 127 Å². The molecule has 3 nitrogen and oxygen atoms in total. The molecule has 4 rings (SSSR count). The summed E-state index contributed by atoms with van der Waals surface area (Å²) in [6.45, 7) is 19.2. The Bertz CT molecular complexity index is 1560. The Balaban J connectivity index is 1.49. The Morgan fingerprint density at radius 3 is 1.20 bits per heavy atom. The molecule has 4 aromatic carbocycles. The minimum atomic E-state index is -2.17. The zero-order valence-electron chi connectivity index (χ0n) is 28.4. The summed E-state index contributed by atoms with van der Waals surface area (Å²) in [7, 11) is -4.34. The van der Waals surface area contributed by atoms with Gasteiger partial charge in [-0.05, 0) is 106 Å². The monoisotopic (exact) mass is 628 g/mol. The van der Waals surface area contributed by atoms with E-state index in [0.29, 0.717) is 11.1 Å². The molecule has 2 atom stereocenters. The number of nitrogens with zero attached hydrogens (tertiary/aromatic N) is 2. The minimum absolute atomic E-state index is 0.101. The molecule has 0 aliphatic carbocycles. The molecule has 0 radical (unpaired) electrons. The van der Waals surface area contributed by atoms with Gasteiger partial charge in [0.25, 0.3) is 0 Å². The van der Waals surface area contributed by atoms with Crippen molar-refractivity contribution in [3.63, 3.8) is 0 Å². The molecule has 0 bridgehead atoms. The Kier molecular flexibility index (Phi) is 10.4. The van der Waals surface area contributed by atoms with Gasteiger partial charge in [-0.15, -0.1) is 0 Å². The average Bonchev–Trinajstić information content (AvgIpc) is 3.02. The summed E-state index contributed by atoms with van der Waals surface area (Å²) in [5.74, 6) is 0. The van der Waals surface area contributed by atoms with Crippen molar-refractivity contribution < 1.29 is 4.12 Å². The van der Waals surface area contributed by atoms with Gasteiger partial charge in [0, 0.05) is 0 Å². The first-order valence-electron chi connectivity index (χ1n) is 16.1. The van der Waals surface area contributed by atoms with Gasteiger partial charge in [-0.1, -0.05) is 114 Å². The van der Waals surface area contributed by atoms with Crippen LogP contribution in [0.15, 0.2) is 97.1 Å². The van der Waals surface area contributed by atoms with Crippen LogP contribution in [-0.2, 0) is 17.0 Å². The highest BCUT2D eigenvalue weighted by Gasteiger charge is 2.51. The summed E-state index contributed by atoms with van der Waals surface area (Å²) in [5.41, 5.74) is 8.47. The molecule has 0 saturated heterocycles. The highest BCUT2D eigenvalue weighted by molar-refractivity contribution is 6.88. The van der Waals surface area contributed by atoms with Crippen molar-refractivity contribution in [3.8, 4) is 34.4 Å². The van der Waals surface area contributed by atoms with Crippen LogP contribution < -0.4 is 0 Å². The molecule has 0 aliphatic rings. The summed E-state index contributed by atoms with van der Waals surface area (Å²) in [6.07, 6.45) is 2.00. The highest BCUT2D eigenvalue weighted by atomic mass is 28.4. The third kappa shape index (κ3) is 8.30. The molecule has 232 valence electrons. The van der Waals surface area contributed by atoms with Gasteiger partial charge in [-0.25, -0.2) is 0 Å². The summed E-state index contributed by atoms with van der Waals surface area (Å²) in [4.78, 5) is 0. The molecule has 2 unspecified atom stereocenters. The molecule has 0 fully saturated rings. The van der Waals surface area contributed by atoms with Crippen molar-refractivity contribution in [2.24, 2.45) is 0 Å². The van der Waals surface area contributed by atoms with Gasteiger partial charge in [0.1, 0.15) is 0 Å². The maximum Gasteiger partial charge on any atom is 0.182 e. The second kappa shape index (κ2) is 13.7. The van der Waals surface area contributed by atoms with Gasteiger partial charge in [0.15, 0.2) is 16.6 Å². The molecule has 0 N–H and O–H groups in total. The minimum Gasteiger partial charge on any atom is -0.454 e. The van der Waals surface area contributed by atoms with Crippen LogP contribution in [0.25, 0.3) is 22.3 Å². The lowest BCUT2D eigenvalue weighted by molar-refractivity contribution is 0.431. The Labute approximate surface area is 273 Å². The fourth-order valence-corrected chi connectivity index (χ4v) is 16.0. The third-order valence-electron chi connectivity index (χ3n) is 9.96. The lowest BCUT2D eigenvalue weighted by Crippen LogP contribution is -2.57. The van der Waals surface area contributed by atoms with Crippen molar-refractivity contribution >= 4 is 16.6 Å². The van der Waals surface area contributed by atoms with Crippen LogP contribution >= 0.6 is 0 Å². The van der Waals surface area contributed by atoms with Crippen molar-refractivity contribution in [3.05, 3.63) is 119 Å². The second-order valence-electron chi connectivity index (χ2n) is 14.8. The Morgan fingerprint density at radius 1 is 0.533 bits per heavy atom. The molecule has 0 aromatic heterocycles. The molecule has 45 heavy (non-hydrogen) atoms. The van der Waals surface area contributed by atoms with Crippen LogP contribution in [0, 0.1) is 22.7 Å². The van der Waals surface area contributed by atoms with E-state index in [1.165, 1.54) is 11.1 Å². The van der Waals surface area contributed by atoms with Crippen molar-refractivity contribution in [2.45, 2.75) is 89.6 Å². The molecular formula is C40H48N2OSi2. The molecule has 0 amide bonds. The molecule has 0 aliphatic heterocycles. The lowest BCUT2D eigenvalue weighted by Gasteiger charge is -2.50. The fourth-order valence-electron chi connectivity index (χ4n) is 5.69. The zero-order valence-corrected chi connectivity index (χ0v) is 30.4. The van der Waals surface area contributed by atoms with Gasteiger partial charge in [-0.3, -0.25) is 0 Å². The first kappa shape index (κ1) is 34.1. The average molecular weight is 629 g/mol. The summed E-state index contributed by atoms with van der Waals surface area (Å²) in [6, 6.07) is 40.0. The van der Waals surface area contributed by atoms with E-state index in [0.717, 1.165) is 47.2 Å². The number of hydrogen-bond acceptors (Lipinski definition) is 3. The van der Waals surface area contributed by atoms with Gasteiger partial charge >= 0.3 is 0 Å². The molecule has 0 spiro atoms. The Hall–Kier alpha value is -3.75. The summed E-state index contributed by atoms with van der Waals surface area (Å²) >= 11 is 0. The number of aryl methyl sites for hydroxylation is 2. The summed E-state index contributed by atoms with van der Waals surface area (Å²) < 4.78 is 7.65. The normalized spacial score (nSPS) is 14.5. The topological polar surface area (TPSA) is 56.8 Å².